The Hall–Kier alpha value is -3.44. The van der Waals surface area contributed by atoms with E-state index in [1.165, 1.54) is 0 Å². The van der Waals surface area contributed by atoms with Crippen LogP contribution in [0.4, 0.5) is 5.82 Å². The molecule has 0 saturated heterocycles. The molecule has 37 heavy (non-hydrogen) atoms. The Morgan fingerprint density at radius 1 is 0.811 bits per heavy atom. The maximum absolute atomic E-state index is 10.4. The number of halogens is 2. The molecule has 1 N–H and O–H groups in total. The molecular formula is C31H27Cl2N3O. The summed E-state index contributed by atoms with van der Waals surface area (Å²) in [6.45, 7) is 5.74. The number of pyridine rings is 2. The first-order valence-electron chi connectivity index (χ1n) is 12.3. The Morgan fingerprint density at radius 2 is 1.57 bits per heavy atom. The fourth-order valence-electron chi connectivity index (χ4n) is 4.80. The summed E-state index contributed by atoms with van der Waals surface area (Å²) in [6, 6.07) is 25.7. The molecule has 0 fully saturated rings. The minimum absolute atomic E-state index is 0.162. The molecule has 0 spiro atoms. The van der Waals surface area contributed by atoms with Crippen molar-refractivity contribution in [3.8, 4) is 33.5 Å². The molecule has 2 aromatic heterocycles. The van der Waals surface area contributed by atoms with Crippen LogP contribution in [0.15, 0.2) is 85.1 Å². The lowest BCUT2D eigenvalue weighted by Crippen LogP contribution is -2.24. The van der Waals surface area contributed by atoms with E-state index >= 15 is 0 Å². The lowest BCUT2D eigenvalue weighted by Gasteiger charge is -2.25. The summed E-state index contributed by atoms with van der Waals surface area (Å²) < 4.78 is 0. The maximum atomic E-state index is 10.4. The highest BCUT2D eigenvalue weighted by Gasteiger charge is 2.20. The molecule has 0 unspecified atom stereocenters. The van der Waals surface area contributed by atoms with E-state index in [1.54, 1.807) is 6.20 Å². The van der Waals surface area contributed by atoms with Crippen molar-refractivity contribution in [2.24, 2.45) is 0 Å². The highest BCUT2D eigenvalue weighted by atomic mass is 35.5. The Morgan fingerprint density at radius 3 is 2.27 bits per heavy atom. The monoisotopic (exact) mass is 527 g/mol. The molecule has 5 aromatic rings. The number of aromatic nitrogens is 2. The molecule has 0 aliphatic rings. The fourth-order valence-corrected chi connectivity index (χ4v) is 5.34. The van der Waals surface area contributed by atoms with Gasteiger partial charge in [-0.05, 0) is 60.9 Å². The topological polar surface area (TPSA) is 49.2 Å². The number of nitrogens with zero attached hydrogens (tertiary/aromatic N) is 3. The second kappa shape index (κ2) is 10.9. The summed E-state index contributed by atoms with van der Waals surface area (Å²) in [4.78, 5) is 11.9. The van der Waals surface area contributed by atoms with Crippen molar-refractivity contribution in [1.29, 1.82) is 0 Å². The zero-order valence-electron chi connectivity index (χ0n) is 20.7. The standard InChI is InChI=1S/C31H27Cl2N3O/c1-3-36(4-2)31-28(20-9-6-5-7-10-20)29(33)25-18-21(13-14-27(25)35-31)24-15-16-34-30(26(24)19-37)22-11-8-12-23(32)17-22/h5-18,37H,3-4,19H2,1-2H3. The molecule has 6 heteroatoms. The van der Waals surface area contributed by atoms with E-state index in [9.17, 15) is 5.11 Å². The van der Waals surface area contributed by atoms with Crippen molar-refractivity contribution in [2.75, 3.05) is 18.0 Å². The van der Waals surface area contributed by atoms with Crippen molar-refractivity contribution in [3.63, 3.8) is 0 Å². The van der Waals surface area contributed by atoms with Crippen LogP contribution in [0.25, 0.3) is 44.4 Å². The van der Waals surface area contributed by atoms with Gasteiger partial charge in [0.15, 0.2) is 0 Å². The van der Waals surface area contributed by atoms with Gasteiger partial charge in [0, 0.05) is 46.4 Å². The van der Waals surface area contributed by atoms with E-state index in [2.05, 4.69) is 41.9 Å². The van der Waals surface area contributed by atoms with Gasteiger partial charge in [0.1, 0.15) is 5.82 Å². The maximum Gasteiger partial charge on any atom is 0.138 e. The van der Waals surface area contributed by atoms with E-state index in [0.717, 1.165) is 63.2 Å². The minimum atomic E-state index is -0.162. The number of aliphatic hydroxyl groups excluding tert-OH is 1. The summed E-state index contributed by atoms with van der Waals surface area (Å²) in [5.74, 6) is 0.879. The number of hydrogen-bond donors (Lipinski definition) is 1. The Bertz CT molecular complexity index is 1570. The zero-order chi connectivity index (χ0) is 25.9. The van der Waals surface area contributed by atoms with E-state index in [4.69, 9.17) is 28.2 Å². The first-order chi connectivity index (χ1) is 18.0. The Balaban J connectivity index is 1.73. The molecule has 0 bridgehead atoms. The van der Waals surface area contributed by atoms with Crippen molar-refractivity contribution in [3.05, 3.63) is 101 Å². The van der Waals surface area contributed by atoms with Crippen LogP contribution in [0.1, 0.15) is 19.4 Å². The molecule has 4 nitrogen and oxygen atoms in total. The first-order valence-corrected chi connectivity index (χ1v) is 13.1. The van der Waals surface area contributed by atoms with Crippen LogP contribution >= 0.6 is 23.2 Å². The Kier molecular flexibility index (Phi) is 7.43. The second-order valence-corrected chi connectivity index (χ2v) is 9.56. The SMILES string of the molecule is CCN(CC)c1nc2ccc(-c3ccnc(-c4cccc(Cl)c4)c3CO)cc2c(Cl)c1-c1ccccc1. The molecule has 3 aromatic carbocycles. The van der Waals surface area contributed by atoms with Crippen LogP contribution in [-0.2, 0) is 6.61 Å². The molecule has 0 saturated carbocycles. The van der Waals surface area contributed by atoms with Crippen LogP contribution < -0.4 is 4.90 Å². The highest BCUT2D eigenvalue weighted by molar-refractivity contribution is 6.39. The number of benzene rings is 3. The van der Waals surface area contributed by atoms with Crippen molar-refractivity contribution in [1.82, 2.24) is 9.97 Å². The zero-order valence-corrected chi connectivity index (χ0v) is 22.3. The van der Waals surface area contributed by atoms with Gasteiger partial charge in [-0.3, -0.25) is 4.98 Å². The highest BCUT2D eigenvalue weighted by Crippen LogP contribution is 2.42. The quantitative estimate of drug-likeness (QED) is 0.231. The number of fused-ring (bicyclic) bond motifs is 1. The summed E-state index contributed by atoms with van der Waals surface area (Å²) >= 11 is 13.4. The van der Waals surface area contributed by atoms with Crippen molar-refractivity contribution >= 4 is 39.9 Å². The third-order valence-electron chi connectivity index (χ3n) is 6.65. The third-order valence-corrected chi connectivity index (χ3v) is 7.28. The summed E-state index contributed by atoms with van der Waals surface area (Å²) in [6.07, 6.45) is 1.76. The number of rotatable bonds is 7. The molecule has 0 amide bonds. The van der Waals surface area contributed by atoms with E-state index in [0.29, 0.717) is 15.7 Å². The summed E-state index contributed by atoms with van der Waals surface area (Å²) in [5.41, 5.74) is 6.88. The molecule has 5 rings (SSSR count). The van der Waals surface area contributed by atoms with Gasteiger partial charge >= 0.3 is 0 Å². The van der Waals surface area contributed by atoms with Gasteiger partial charge in [-0.2, -0.15) is 0 Å². The smallest absolute Gasteiger partial charge is 0.138 e. The van der Waals surface area contributed by atoms with Crippen LogP contribution in [0.5, 0.6) is 0 Å². The number of anilines is 1. The third kappa shape index (κ3) is 4.80. The second-order valence-electron chi connectivity index (χ2n) is 8.75. The predicted molar refractivity (Wildman–Crippen MR) is 155 cm³/mol. The van der Waals surface area contributed by atoms with Gasteiger partial charge in [-0.15, -0.1) is 0 Å². The van der Waals surface area contributed by atoms with Crippen molar-refractivity contribution in [2.45, 2.75) is 20.5 Å². The first kappa shape index (κ1) is 25.2. The van der Waals surface area contributed by atoms with Crippen LogP contribution in [-0.4, -0.2) is 28.2 Å². The molecule has 0 aliphatic carbocycles. The molecule has 186 valence electrons. The lowest BCUT2D eigenvalue weighted by molar-refractivity contribution is 0.282. The number of aliphatic hydroxyl groups is 1. The van der Waals surface area contributed by atoms with Gasteiger partial charge in [0.25, 0.3) is 0 Å². The molecule has 0 atom stereocenters. The van der Waals surface area contributed by atoms with Crippen molar-refractivity contribution < 1.29 is 5.11 Å². The molecule has 0 radical (unpaired) electrons. The molecular weight excluding hydrogens is 501 g/mol. The Labute approximate surface area is 227 Å². The normalized spacial score (nSPS) is 11.2. The van der Waals surface area contributed by atoms with Gasteiger partial charge < -0.3 is 10.0 Å². The van der Waals surface area contributed by atoms with Gasteiger partial charge in [-0.1, -0.05) is 71.7 Å². The largest absolute Gasteiger partial charge is 0.392 e. The van der Waals surface area contributed by atoms with Crippen LogP contribution in [0, 0.1) is 0 Å². The average molecular weight is 528 g/mol. The van der Waals surface area contributed by atoms with Gasteiger partial charge in [0.2, 0.25) is 0 Å². The fraction of sp³-hybridized carbons (Fsp3) is 0.161. The minimum Gasteiger partial charge on any atom is -0.392 e. The van der Waals surface area contributed by atoms with E-state index in [1.807, 2.05) is 60.7 Å². The van der Waals surface area contributed by atoms with Crippen LogP contribution in [0.3, 0.4) is 0 Å². The predicted octanol–water partition coefficient (Wildman–Crippen LogP) is 8.28. The average Bonchev–Trinajstić information content (AvgIpc) is 2.94. The molecule has 0 aliphatic heterocycles. The van der Waals surface area contributed by atoms with E-state index < -0.39 is 0 Å². The summed E-state index contributed by atoms with van der Waals surface area (Å²) in [7, 11) is 0. The number of hydrogen-bond acceptors (Lipinski definition) is 4. The summed E-state index contributed by atoms with van der Waals surface area (Å²) in [5, 5.41) is 12.5. The van der Waals surface area contributed by atoms with Gasteiger partial charge in [-0.25, -0.2) is 4.98 Å². The van der Waals surface area contributed by atoms with Crippen LogP contribution in [0.2, 0.25) is 10.0 Å². The van der Waals surface area contributed by atoms with Gasteiger partial charge in [0.05, 0.1) is 22.8 Å². The van der Waals surface area contributed by atoms with E-state index in [-0.39, 0.29) is 6.61 Å². The lowest BCUT2D eigenvalue weighted by atomic mass is 9.95. The molecule has 2 heterocycles.